The van der Waals surface area contributed by atoms with Crippen LogP contribution >= 0.6 is 11.6 Å². The molecule has 0 atom stereocenters. The molecule has 1 aromatic heterocycles. The number of halogens is 1. The summed E-state index contributed by atoms with van der Waals surface area (Å²) < 4.78 is 26.7. The van der Waals surface area contributed by atoms with Gasteiger partial charge in [0, 0.05) is 17.2 Å². The fraction of sp³-hybridized carbons (Fsp3) is 0.267. The monoisotopic (exact) mass is 383 g/mol. The molecule has 0 amide bonds. The van der Waals surface area contributed by atoms with Gasteiger partial charge in [-0.15, -0.1) is 0 Å². The molecule has 0 saturated carbocycles. The highest BCUT2D eigenvalue weighted by molar-refractivity contribution is 7.89. The number of rotatable bonds is 4. The lowest BCUT2D eigenvalue weighted by Gasteiger charge is -2.30. The molecule has 1 aromatic carbocycles. The zero-order valence-electron chi connectivity index (χ0n) is 13.1. The first-order chi connectivity index (χ1) is 11.9. The normalized spacial score (nSPS) is 16.0. The van der Waals surface area contributed by atoms with Crippen molar-refractivity contribution in [3.05, 3.63) is 57.7 Å². The van der Waals surface area contributed by atoms with Crippen molar-refractivity contribution in [1.29, 1.82) is 0 Å². The average molecular weight is 384 g/mol. The second-order valence-electron chi connectivity index (χ2n) is 5.53. The van der Waals surface area contributed by atoms with Crippen LogP contribution in [0.4, 0.5) is 11.5 Å². The van der Waals surface area contributed by atoms with Crippen LogP contribution in [-0.4, -0.2) is 43.8 Å². The predicted molar refractivity (Wildman–Crippen MR) is 92.1 cm³/mol. The van der Waals surface area contributed by atoms with Gasteiger partial charge in [-0.3, -0.25) is 15.0 Å². The van der Waals surface area contributed by atoms with Gasteiger partial charge in [-0.1, -0.05) is 11.6 Å². The molecule has 1 aliphatic heterocycles. The number of aromatic amines is 1. The summed E-state index contributed by atoms with van der Waals surface area (Å²) in [5, 5.41) is 11.2. The van der Waals surface area contributed by atoms with Crippen LogP contribution in [-0.2, 0) is 10.0 Å². The highest BCUT2D eigenvalue weighted by Gasteiger charge is 2.31. The summed E-state index contributed by atoms with van der Waals surface area (Å²) in [6.07, 6.45) is 1.33. The number of nitrogens with one attached hydrogen (secondary N) is 1. The molecule has 3 rings (SSSR count). The molecule has 2 aromatic rings. The van der Waals surface area contributed by atoms with Crippen LogP contribution in [0.1, 0.15) is 0 Å². The second-order valence-corrected chi connectivity index (χ2v) is 7.91. The van der Waals surface area contributed by atoms with Crippen LogP contribution in [0.15, 0.2) is 47.5 Å². The van der Waals surface area contributed by atoms with Crippen LogP contribution in [0.3, 0.4) is 0 Å². The van der Waals surface area contributed by atoms with Crippen molar-refractivity contribution in [1.82, 2.24) is 4.31 Å². The average Bonchev–Trinajstić information content (AvgIpc) is 2.62. The van der Waals surface area contributed by atoms with Gasteiger partial charge in [0.2, 0.25) is 10.0 Å². The van der Waals surface area contributed by atoms with Crippen molar-refractivity contribution >= 4 is 33.1 Å². The highest BCUT2D eigenvalue weighted by Crippen LogP contribution is 2.21. The number of anilines is 1. The van der Waals surface area contributed by atoms with Crippen LogP contribution in [0.25, 0.3) is 0 Å². The Balaban J connectivity index is 1.69. The zero-order valence-corrected chi connectivity index (χ0v) is 14.7. The smallest absolute Gasteiger partial charge is 0.259 e. The summed E-state index contributed by atoms with van der Waals surface area (Å²) >= 11 is 5.80. The Morgan fingerprint density at radius 3 is 2.20 bits per heavy atom. The number of aromatic nitrogens is 1. The summed E-state index contributed by atoms with van der Waals surface area (Å²) in [6, 6.07) is 9.14. The van der Waals surface area contributed by atoms with Gasteiger partial charge in [-0.25, -0.2) is 13.4 Å². The first-order valence-electron chi connectivity index (χ1n) is 7.55. The summed E-state index contributed by atoms with van der Waals surface area (Å²) in [5.74, 6) is 0.717. The van der Waals surface area contributed by atoms with Crippen molar-refractivity contribution in [2.75, 3.05) is 31.1 Å². The molecule has 0 unspecified atom stereocenters. The minimum absolute atomic E-state index is 0.0206. The fourth-order valence-corrected chi connectivity index (χ4v) is 4.19. The SMILES string of the molecule is O=[N+]([O-])c1ccc(N2CCN(S(=O)(=O)c3ccc(Cl)cc3)CC2)[nH+]c1. The van der Waals surface area contributed by atoms with Gasteiger partial charge in [0.15, 0.2) is 6.20 Å². The number of benzene rings is 1. The predicted octanol–water partition coefficient (Wildman–Crippen LogP) is 1.57. The van der Waals surface area contributed by atoms with E-state index >= 15 is 0 Å². The molecule has 1 saturated heterocycles. The lowest BCUT2D eigenvalue weighted by molar-refractivity contribution is -0.414. The van der Waals surface area contributed by atoms with E-state index in [9.17, 15) is 18.5 Å². The van der Waals surface area contributed by atoms with Crippen molar-refractivity contribution in [2.24, 2.45) is 0 Å². The van der Waals surface area contributed by atoms with Crippen LogP contribution < -0.4 is 9.88 Å². The first kappa shape index (κ1) is 17.6. The minimum Gasteiger partial charge on any atom is -0.259 e. The largest absolute Gasteiger partial charge is 0.308 e. The molecule has 0 aliphatic carbocycles. The van der Waals surface area contributed by atoms with Crippen molar-refractivity contribution in [2.45, 2.75) is 4.90 Å². The van der Waals surface area contributed by atoms with E-state index in [1.165, 1.54) is 28.7 Å². The maximum absolute atomic E-state index is 12.6. The van der Waals surface area contributed by atoms with E-state index in [1.807, 2.05) is 4.90 Å². The Kier molecular flexibility index (Phi) is 4.89. The van der Waals surface area contributed by atoms with E-state index in [0.717, 1.165) is 0 Å². The van der Waals surface area contributed by atoms with Crippen LogP contribution in [0.2, 0.25) is 5.02 Å². The standard InChI is InChI=1S/C15H15ClN4O4S/c16-12-1-4-14(5-2-12)25(23,24)19-9-7-18(8-10-19)15-6-3-13(11-17-15)20(21)22/h1-6,11H,7-10H2/p+1. The first-order valence-corrected chi connectivity index (χ1v) is 9.36. The Hall–Kier alpha value is -2.23. The molecule has 1 N–H and O–H groups in total. The quantitative estimate of drug-likeness (QED) is 0.589. The third kappa shape index (κ3) is 3.73. The Bertz CT molecular complexity index is 863. The summed E-state index contributed by atoms with van der Waals surface area (Å²) in [4.78, 5) is 15.3. The number of nitrogens with zero attached hydrogens (tertiary/aromatic N) is 3. The third-order valence-corrected chi connectivity index (χ3v) is 6.19. The Morgan fingerprint density at radius 2 is 1.68 bits per heavy atom. The molecule has 25 heavy (non-hydrogen) atoms. The number of sulfonamides is 1. The lowest BCUT2D eigenvalue weighted by Crippen LogP contribution is -2.49. The van der Waals surface area contributed by atoms with Crippen LogP contribution in [0.5, 0.6) is 0 Å². The molecule has 8 nitrogen and oxygen atoms in total. The van der Waals surface area contributed by atoms with E-state index in [4.69, 9.17) is 11.6 Å². The maximum atomic E-state index is 12.6. The highest BCUT2D eigenvalue weighted by atomic mass is 35.5. The summed E-state index contributed by atoms with van der Waals surface area (Å²) in [7, 11) is -3.55. The van der Waals surface area contributed by atoms with Gasteiger partial charge < -0.3 is 0 Å². The van der Waals surface area contributed by atoms with Gasteiger partial charge in [0.1, 0.15) is 0 Å². The molecule has 132 valence electrons. The van der Waals surface area contributed by atoms with Gasteiger partial charge >= 0.3 is 5.69 Å². The molecule has 1 aliphatic rings. The Morgan fingerprint density at radius 1 is 1.04 bits per heavy atom. The third-order valence-electron chi connectivity index (χ3n) is 4.02. The van der Waals surface area contributed by atoms with Crippen molar-refractivity contribution < 1.29 is 18.3 Å². The summed E-state index contributed by atoms with van der Waals surface area (Å²) in [5.41, 5.74) is -0.0206. The number of piperazine rings is 1. The molecule has 0 spiro atoms. The topological polar surface area (TPSA) is 97.9 Å². The van der Waals surface area contributed by atoms with E-state index in [1.54, 1.807) is 18.2 Å². The fourth-order valence-electron chi connectivity index (χ4n) is 2.64. The van der Waals surface area contributed by atoms with Gasteiger partial charge in [-0.2, -0.15) is 4.31 Å². The molecular formula is C15H16ClN4O4S+. The van der Waals surface area contributed by atoms with Crippen molar-refractivity contribution in [3.8, 4) is 0 Å². The summed E-state index contributed by atoms with van der Waals surface area (Å²) in [6.45, 7) is 1.63. The van der Waals surface area contributed by atoms with E-state index < -0.39 is 14.9 Å². The van der Waals surface area contributed by atoms with Gasteiger partial charge in [0.05, 0.1) is 36.0 Å². The van der Waals surface area contributed by atoms with E-state index in [2.05, 4.69) is 4.98 Å². The van der Waals surface area contributed by atoms with Crippen molar-refractivity contribution in [3.63, 3.8) is 0 Å². The van der Waals surface area contributed by atoms with Gasteiger partial charge in [-0.05, 0) is 24.3 Å². The molecule has 10 heteroatoms. The number of H-pyrrole nitrogens is 1. The number of pyridine rings is 1. The number of hydrogen-bond donors (Lipinski definition) is 0. The maximum Gasteiger partial charge on any atom is 0.308 e. The molecule has 0 bridgehead atoms. The van der Waals surface area contributed by atoms with Gasteiger partial charge in [0.25, 0.3) is 5.82 Å². The number of hydrogen-bond acceptors (Lipinski definition) is 5. The second kappa shape index (κ2) is 6.95. The Labute approximate surface area is 149 Å². The number of nitro groups is 1. The molecule has 1 fully saturated rings. The lowest BCUT2D eigenvalue weighted by atomic mass is 10.3. The van der Waals surface area contributed by atoms with E-state index in [0.29, 0.717) is 37.0 Å². The molecule has 0 radical (unpaired) electrons. The van der Waals surface area contributed by atoms with E-state index in [-0.39, 0.29) is 10.6 Å². The van der Waals surface area contributed by atoms with Crippen LogP contribution in [0, 0.1) is 10.1 Å². The zero-order chi connectivity index (χ0) is 18.0. The molecular weight excluding hydrogens is 368 g/mol. The minimum atomic E-state index is -3.55. The molecule has 2 heterocycles.